The van der Waals surface area contributed by atoms with E-state index >= 15 is 0 Å². The summed E-state index contributed by atoms with van der Waals surface area (Å²) in [6, 6.07) is 6.01. The van der Waals surface area contributed by atoms with Gasteiger partial charge in [0.05, 0.1) is 0 Å². The third-order valence-electron chi connectivity index (χ3n) is 3.37. The number of sulfonamides is 2. The van der Waals surface area contributed by atoms with Gasteiger partial charge in [0.2, 0.25) is 10.0 Å². The third kappa shape index (κ3) is 4.55. The van der Waals surface area contributed by atoms with Gasteiger partial charge in [-0.3, -0.25) is 5.43 Å². The first-order valence-electron chi connectivity index (χ1n) is 7.51. The molecule has 0 aromatic carbocycles. The summed E-state index contributed by atoms with van der Waals surface area (Å²) >= 11 is 1.15. The number of aromatic nitrogens is 1. The average Bonchev–Trinajstić information content (AvgIpc) is 3.02. The molecule has 25 heavy (non-hydrogen) atoms. The van der Waals surface area contributed by atoms with Crippen molar-refractivity contribution in [2.45, 2.75) is 29.9 Å². The summed E-state index contributed by atoms with van der Waals surface area (Å²) in [6.07, 6.45) is 1.19. The van der Waals surface area contributed by atoms with Gasteiger partial charge in [-0.1, -0.05) is 13.8 Å². The van der Waals surface area contributed by atoms with E-state index in [1.54, 1.807) is 19.9 Å². The van der Waals surface area contributed by atoms with E-state index in [-0.39, 0.29) is 14.9 Å². The van der Waals surface area contributed by atoms with Crippen LogP contribution >= 0.6 is 11.3 Å². The lowest BCUT2D eigenvalue weighted by Gasteiger charge is -2.18. The molecule has 0 saturated heterocycles. The van der Waals surface area contributed by atoms with Crippen LogP contribution in [0.3, 0.4) is 0 Å². The van der Waals surface area contributed by atoms with Gasteiger partial charge in [0, 0.05) is 24.2 Å². The van der Waals surface area contributed by atoms with Gasteiger partial charge in [-0.15, -0.1) is 16.2 Å². The van der Waals surface area contributed by atoms with E-state index in [0.29, 0.717) is 13.1 Å². The summed E-state index contributed by atoms with van der Waals surface area (Å²) in [5, 5.41) is 0. The summed E-state index contributed by atoms with van der Waals surface area (Å²) < 4.78 is 50.5. The molecule has 0 amide bonds. The summed E-state index contributed by atoms with van der Waals surface area (Å²) in [7, 11) is -7.30. The van der Waals surface area contributed by atoms with Gasteiger partial charge in [0.25, 0.3) is 10.0 Å². The summed E-state index contributed by atoms with van der Waals surface area (Å²) in [4.78, 5) is 7.11. The average molecular weight is 405 g/mol. The second-order valence-electron chi connectivity index (χ2n) is 5.06. The van der Waals surface area contributed by atoms with Crippen molar-refractivity contribution in [1.29, 1.82) is 0 Å². The molecule has 0 bridgehead atoms. The number of hydrazine groups is 1. The standard InChI is InChI=1S/C14H20N4O4S3/c1-4-18(5-2)25(21,22)12-7-8-13(15-10-12)16-17-24(19,20)14-9-6-11(3)23-14/h6-10,17H,4-5H2,1-3H3,(H,15,16). The maximum Gasteiger partial charge on any atom is 0.266 e. The normalized spacial score (nSPS) is 12.5. The molecule has 138 valence electrons. The van der Waals surface area contributed by atoms with Crippen LogP contribution in [0, 0.1) is 6.92 Å². The second kappa shape index (κ2) is 7.79. The molecule has 0 aliphatic heterocycles. The Bertz CT molecular complexity index is 917. The molecule has 2 aromatic rings. The highest BCUT2D eigenvalue weighted by atomic mass is 32.2. The van der Waals surface area contributed by atoms with E-state index in [4.69, 9.17) is 0 Å². The van der Waals surface area contributed by atoms with Crippen molar-refractivity contribution in [1.82, 2.24) is 14.1 Å². The van der Waals surface area contributed by atoms with Crippen LogP contribution in [0.1, 0.15) is 18.7 Å². The van der Waals surface area contributed by atoms with Gasteiger partial charge >= 0.3 is 0 Å². The molecule has 0 aliphatic carbocycles. The molecule has 0 fully saturated rings. The monoisotopic (exact) mass is 404 g/mol. The van der Waals surface area contributed by atoms with Crippen LogP contribution < -0.4 is 10.3 Å². The molecule has 0 spiro atoms. The van der Waals surface area contributed by atoms with Gasteiger partial charge in [-0.05, 0) is 31.2 Å². The lowest BCUT2D eigenvalue weighted by molar-refractivity contribution is 0.445. The fraction of sp³-hybridized carbons (Fsp3) is 0.357. The molecule has 11 heteroatoms. The molecule has 0 aliphatic rings. The van der Waals surface area contributed by atoms with Gasteiger partial charge in [0.15, 0.2) is 0 Å². The quantitative estimate of drug-likeness (QED) is 0.649. The van der Waals surface area contributed by atoms with Crippen LogP contribution in [0.2, 0.25) is 0 Å². The van der Waals surface area contributed by atoms with Gasteiger partial charge in [-0.2, -0.15) is 4.31 Å². The molecule has 8 nitrogen and oxygen atoms in total. The first-order valence-corrected chi connectivity index (χ1v) is 11.2. The van der Waals surface area contributed by atoms with Crippen molar-refractivity contribution in [3.05, 3.63) is 35.3 Å². The predicted molar refractivity (Wildman–Crippen MR) is 97.3 cm³/mol. The highest BCUT2D eigenvalue weighted by molar-refractivity contribution is 7.91. The minimum atomic E-state index is -3.71. The van der Waals surface area contributed by atoms with Crippen molar-refractivity contribution < 1.29 is 16.8 Å². The molecule has 0 unspecified atom stereocenters. The number of hydrogen-bond donors (Lipinski definition) is 2. The van der Waals surface area contributed by atoms with E-state index in [1.165, 1.54) is 28.7 Å². The molecule has 2 N–H and O–H groups in total. The Labute approximate surface area is 152 Å². The third-order valence-corrected chi connectivity index (χ3v) is 8.15. The fourth-order valence-corrected chi connectivity index (χ4v) is 5.58. The Morgan fingerprint density at radius 2 is 1.76 bits per heavy atom. The maximum absolute atomic E-state index is 12.4. The van der Waals surface area contributed by atoms with E-state index < -0.39 is 20.0 Å². The van der Waals surface area contributed by atoms with Crippen LogP contribution in [0.4, 0.5) is 5.82 Å². The topological polar surface area (TPSA) is 108 Å². The molecule has 0 saturated carbocycles. The van der Waals surface area contributed by atoms with Crippen molar-refractivity contribution in [2.75, 3.05) is 18.5 Å². The number of hydrogen-bond acceptors (Lipinski definition) is 7. The number of nitrogens with one attached hydrogen (secondary N) is 2. The summed E-state index contributed by atoms with van der Waals surface area (Å²) in [5.41, 5.74) is 2.48. The van der Waals surface area contributed by atoms with Crippen LogP contribution in [0.25, 0.3) is 0 Å². The Kier molecular flexibility index (Phi) is 6.16. The zero-order valence-electron chi connectivity index (χ0n) is 14.1. The van der Waals surface area contributed by atoms with Crippen molar-refractivity contribution in [2.24, 2.45) is 0 Å². The lowest BCUT2D eigenvalue weighted by atomic mass is 10.5. The SMILES string of the molecule is CCN(CC)S(=O)(=O)c1ccc(NNS(=O)(=O)c2ccc(C)s2)nc1. The Balaban J connectivity index is 2.11. The summed E-state index contributed by atoms with van der Waals surface area (Å²) in [5.74, 6) is 0.190. The number of thiophene rings is 1. The van der Waals surface area contributed by atoms with Crippen LogP contribution in [-0.2, 0) is 20.0 Å². The first-order chi connectivity index (χ1) is 11.7. The molecular formula is C14H20N4O4S3. The minimum Gasteiger partial charge on any atom is -0.292 e. The smallest absolute Gasteiger partial charge is 0.266 e. The molecule has 2 heterocycles. The maximum atomic E-state index is 12.4. The number of pyridine rings is 1. The van der Waals surface area contributed by atoms with E-state index in [1.807, 2.05) is 6.92 Å². The number of nitrogens with zero attached hydrogens (tertiary/aromatic N) is 2. The van der Waals surface area contributed by atoms with Gasteiger partial charge < -0.3 is 0 Å². The minimum absolute atomic E-state index is 0.0542. The number of aryl methyl sites for hydroxylation is 1. The lowest BCUT2D eigenvalue weighted by Crippen LogP contribution is -2.31. The number of rotatable bonds is 8. The highest BCUT2D eigenvalue weighted by Gasteiger charge is 2.22. The van der Waals surface area contributed by atoms with E-state index in [2.05, 4.69) is 15.2 Å². The zero-order chi connectivity index (χ0) is 18.7. The van der Waals surface area contributed by atoms with E-state index in [0.717, 1.165) is 16.2 Å². The molecule has 0 radical (unpaired) electrons. The van der Waals surface area contributed by atoms with Gasteiger partial charge in [-0.25, -0.2) is 21.8 Å². The summed E-state index contributed by atoms with van der Waals surface area (Å²) in [6.45, 7) is 6.04. The highest BCUT2D eigenvalue weighted by Crippen LogP contribution is 2.20. The van der Waals surface area contributed by atoms with Crippen molar-refractivity contribution in [3.63, 3.8) is 0 Å². The Morgan fingerprint density at radius 1 is 1.08 bits per heavy atom. The van der Waals surface area contributed by atoms with Crippen LogP contribution in [-0.4, -0.2) is 39.2 Å². The predicted octanol–water partition coefficient (Wildman–Crippen LogP) is 1.79. The first kappa shape index (κ1) is 19.8. The Hall–Kier alpha value is -1.53. The number of anilines is 1. The van der Waals surface area contributed by atoms with Crippen LogP contribution in [0.5, 0.6) is 0 Å². The van der Waals surface area contributed by atoms with Crippen molar-refractivity contribution in [3.8, 4) is 0 Å². The van der Waals surface area contributed by atoms with Crippen molar-refractivity contribution >= 4 is 37.2 Å². The second-order valence-corrected chi connectivity index (χ2v) is 10.2. The molecule has 2 aromatic heterocycles. The molecular weight excluding hydrogens is 384 g/mol. The van der Waals surface area contributed by atoms with Gasteiger partial charge in [0.1, 0.15) is 14.9 Å². The largest absolute Gasteiger partial charge is 0.292 e. The zero-order valence-corrected chi connectivity index (χ0v) is 16.5. The van der Waals surface area contributed by atoms with E-state index in [9.17, 15) is 16.8 Å². The van der Waals surface area contributed by atoms with Crippen LogP contribution in [0.15, 0.2) is 39.6 Å². The molecule has 2 rings (SSSR count). The Morgan fingerprint density at radius 3 is 2.24 bits per heavy atom. The fourth-order valence-electron chi connectivity index (χ4n) is 2.05. The molecule has 0 atom stereocenters.